The van der Waals surface area contributed by atoms with Crippen LogP contribution in [-0.2, 0) is 10.8 Å². The van der Waals surface area contributed by atoms with Crippen LogP contribution >= 0.6 is 0 Å². The first-order valence-corrected chi connectivity index (χ1v) is 25.2. The lowest BCUT2D eigenvalue weighted by Gasteiger charge is -2.35. The summed E-state index contributed by atoms with van der Waals surface area (Å²) in [6.45, 7) is 6.90. The Labute approximate surface area is 423 Å². The average molecular weight is 920 g/mol. The van der Waals surface area contributed by atoms with E-state index in [4.69, 9.17) is 0 Å². The number of fused-ring (bicyclic) bond motifs is 6. The molecule has 1 atom stereocenters. The van der Waals surface area contributed by atoms with Gasteiger partial charge in [-0.25, -0.2) is 0 Å². The van der Waals surface area contributed by atoms with Crippen LogP contribution in [0.3, 0.4) is 0 Å². The zero-order chi connectivity index (χ0) is 48.4. The maximum atomic E-state index is 2.46. The van der Waals surface area contributed by atoms with Crippen LogP contribution in [-0.4, -0.2) is 0 Å². The Bertz CT molecular complexity index is 3870. The lowest BCUT2D eigenvalue weighted by molar-refractivity contribution is 0.589. The molecule has 1 unspecified atom stereocenters. The van der Waals surface area contributed by atoms with Crippen molar-refractivity contribution < 1.29 is 0 Å². The molecule has 1 nitrogen and oxygen atoms in total. The summed E-state index contributed by atoms with van der Waals surface area (Å²) in [6.07, 6.45) is 0. The molecule has 0 saturated heterocycles. The maximum Gasteiger partial charge on any atom is 0.0719 e. The fraction of sp³-hybridized carbons (Fsp3) is 0.0704. The van der Waals surface area contributed by atoms with Crippen molar-refractivity contribution in [2.45, 2.75) is 31.6 Å². The topological polar surface area (TPSA) is 3.24 Å². The molecule has 0 aromatic heterocycles. The van der Waals surface area contributed by atoms with Gasteiger partial charge >= 0.3 is 0 Å². The highest BCUT2D eigenvalue weighted by Gasteiger charge is 2.48. The molecule has 0 radical (unpaired) electrons. The number of nitrogens with zero attached hydrogens (tertiary/aromatic N) is 1. The Balaban J connectivity index is 1.03. The van der Waals surface area contributed by atoms with Gasteiger partial charge in [-0.1, -0.05) is 257 Å². The fourth-order valence-corrected chi connectivity index (χ4v) is 11.9. The van der Waals surface area contributed by atoms with Crippen LogP contribution in [0, 0.1) is 0 Å². The van der Waals surface area contributed by atoms with Crippen LogP contribution in [0.2, 0.25) is 0 Å². The molecule has 0 aliphatic heterocycles. The van der Waals surface area contributed by atoms with Gasteiger partial charge in [0.2, 0.25) is 0 Å². The van der Waals surface area contributed by atoms with Crippen molar-refractivity contribution in [3.63, 3.8) is 0 Å². The van der Waals surface area contributed by atoms with E-state index in [0.29, 0.717) is 0 Å². The lowest BCUT2D eigenvalue weighted by atomic mass is 9.66. The van der Waals surface area contributed by atoms with E-state index < -0.39 is 5.41 Å². The summed E-state index contributed by atoms with van der Waals surface area (Å²) in [6, 6.07) is 99.4. The zero-order valence-corrected chi connectivity index (χ0v) is 40.9. The summed E-state index contributed by atoms with van der Waals surface area (Å²) in [7, 11) is 0. The minimum Gasteiger partial charge on any atom is -0.310 e. The number of hydrogen-bond donors (Lipinski definition) is 0. The van der Waals surface area contributed by atoms with Crippen molar-refractivity contribution in [3.8, 4) is 44.5 Å². The summed E-state index contributed by atoms with van der Waals surface area (Å²) >= 11 is 0. The van der Waals surface area contributed by atoms with Gasteiger partial charge in [0, 0.05) is 16.9 Å². The molecule has 342 valence electrons. The van der Waals surface area contributed by atoms with Crippen molar-refractivity contribution in [2.75, 3.05) is 4.90 Å². The SMILES string of the molecule is CC(C)(C)c1ccc(C2(c3cccc4ccccc34)c3ccccc3-c3c(-c4ccccc4N(c4ccc(-c5cccc6ccccc56)cc4)c4ccc(-c5cccc6ccccc56)cc4)cccc32)cc1. The minimum atomic E-state index is -0.595. The molecule has 1 aliphatic carbocycles. The highest BCUT2D eigenvalue weighted by molar-refractivity contribution is 6.03. The van der Waals surface area contributed by atoms with Crippen molar-refractivity contribution >= 4 is 49.4 Å². The standard InChI is InChI=1S/C71H53N/c1-70(2,3)53-40-42-54(43-41-53)71(65-33-16-23-50-20-6-9-26-61(50)65)66-32-12-10-28-64(66)69-63(31-17-34-67(69)71)62-27-11-13-35-68(62)72(55-44-36-51(37-45-55)59-29-14-21-48-18-4-7-24-57(48)59)56-46-38-52(39-47-56)60-30-15-22-49-19-5-8-25-58(49)60/h4-47H,1-3H3. The molecule has 13 rings (SSSR count). The maximum absolute atomic E-state index is 2.46. The van der Waals surface area contributed by atoms with Gasteiger partial charge in [0.1, 0.15) is 0 Å². The summed E-state index contributed by atoms with van der Waals surface area (Å²) in [5.74, 6) is 0. The third-order valence-electron chi connectivity index (χ3n) is 15.3. The average Bonchev–Trinajstić information content (AvgIpc) is 3.74. The molecule has 0 N–H and O–H groups in total. The van der Waals surface area contributed by atoms with E-state index in [9.17, 15) is 0 Å². The predicted octanol–water partition coefficient (Wildman–Crippen LogP) is 19.3. The van der Waals surface area contributed by atoms with Crippen LogP contribution < -0.4 is 4.90 Å². The van der Waals surface area contributed by atoms with E-state index in [1.165, 1.54) is 99.1 Å². The van der Waals surface area contributed by atoms with Gasteiger partial charge in [0.15, 0.2) is 0 Å². The van der Waals surface area contributed by atoms with Crippen LogP contribution in [0.15, 0.2) is 267 Å². The number of hydrogen-bond acceptors (Lipinski definition) is 1. The fourth-order valence-electron chi connectivity index (χ4n) is 11.9. The van der Waals surface area contributed by atoms with E-state index in [1.807, 2.05) is 0 Å². The molecule has 0 spiro atoms. The van der Waals surface area contributed by atoms with E-state index in [2.05, 4.69) is 293 Å². The lowest BCUT2D eigenvalue weighted by Crippen LogP contribution is -2.29. The van der Waals surface area contributed by atoms with Crippen LogP contribution in [0.25, 0.3) is 76.8 Å². The Hall–Kier alpha value is -8.78. The third kappa shape index (κ3) is 6.99. The largest absolute Gasteiger partial charge is 0.310 e. The smallest absolute Gasteiger partial charge is 0.0719 e. The predicted molar refractivity (Wildman–Crippen MR) is 306 cm³/mol. The molecule has 72 heavy (non-hydrogen) atoms. The highest BCUT2D eigenvalue weighted by atomic mass is 15.1. The van der Waals surface area contributed by atoms with Crippen LogP contribution in [0.4, 0.5) is 17.1 Å². The Morgan fingerprint density at radius 2 is 0.722 bits per heavy atom. The molecule has 1 aliphatic rings. The number of para-hydroxylation sites is 1. The van der Waals surface area contributed by atoms with E-state index >= 15 is 0 Å². The van der Waals surface area contributed by atoms with Crippen molar-refractivity contribution in [1.29, 1.82) is 0 Å². The van der Waals surface area contributed by atoms with Gasteiger partial charge in [-0.2, -0.15) is 0 Å². The molecule has 12 aromatic carbocycles. The molecular weight excluding hydrogens is 867 g/mol. The molecular formula is C71H53N. The van der Waals surface area contributed by atoms with Crippen LogP contribution in [0.5, 0.6) is 0 Å². The number of anilines is 3. The van der Waals surface area contributed by atoms with Gasteiger partial charge in [-0.15, -0.1) is 0 Å². The number of rotatable bonds is 8. The summed E-state index contributed by atoms with van der Waals surface area (Å²) in [4.78, 5) is 2.46. The molecule has 0 saturated carbocycles. The second-order valence-corrected chi connectivity index (χ2v) is 20.4. The van der Waals surface area contributed by atoms with Crippen molar-refractivity contribution in [1.82, 2.24) is 0 Å². The molecule has 0 bridgehead atoms. The quantitative estimate of drug-likeness (QED) is 0.147. The van der Waals surface area contributed by atoms with Gasteiger partial charge in [0.05, 0.1) is 11.1 Å². The second kappa shape index (κ2) is 17.3. The summed E-state index contributed by atoms with van der Waals surface area (Å²) in [5, 5.41) is 7.48. The molecule has 0 heterocycles. The zero-order valence-electron chi connectivity index (χ0n) is 40.9. The third-order valence-corrected chi connectivity index (χ3v) is 15.3. The van der Waals surface area contributed by atoms with Gasteiger partial charge < -0.3 is 4.90 Å². The van der Waals surface area contributed by atoms with Gasteiger partial charge in [-0.05, 0) is 135 Å². The van der Waals surface area contributed by atoms with Crippen molar-refractivity contribution in [3.05, 3.63) is 295 Å². The van der Waals surface area contributed by atoms with E-state index in [1.54, 1.807) is 0 Å². The highest BCUT2D eigenvalue weighted by Crippen LogP contribution is 2.60. The minimum absolute atomic E-state index is 0.0197. The molecule has 0 fully saturated rings. The van der Waals surface area contributed by atoms with Crippen molar-refractivity contribution in [2.24, 2.45) is 0 Å². The Morgan fingerprint density at radius 1 is 0.306 bits per heavy atom. The molecule has 12 aromatic rings. The van der Waals surface area contributed by atoms with E-state index in [0.717, 1.165) is 22.6 Å². The second-order valence-electron chi connectivity index (χ2n) is 20.4. The first-order chi connectivity index (χ1) is 35.4. The van der Waals surface area contributed by atoms with E-state index in [-0.39, 0.29) is 5.41 Å². The van der Waals surface area contributed by atoms with Gasteiger partial charge in [0.25, 0.3) is 0 Å². The normalized spacial score (nSPS) is 14.1. The van der Waals surface area contributed by atoms with Crippen LogP contribution in [0.1, 0.15) is 48.6 Å². The number of benzene rings is 12. The first-order valence-electron chi connectivity index (χ1n) is 25.2. The summed E-state index contributed by atoms with van der Waals surface area (Å²) in [5.41, 5.74) is 18.9. The Morgan fingerprint density at radius 3 is 1.32 bits per heavy atom. The van der Waals surface area contributed by atoms with Gasteiger partial charge in [-0.3, -0.25) is 0 Å². The Kier molecular flexibility index (Phi) is 10.4. The molecule has 0 amide bonds. The first kappa shape index (κ1) is 43.3. The summed E-state index contributed by atoms with van der Waals surface area (Å²) < 4.78 is 0. The monoisotopic (exact) mass is 919 g/mol. The molecule has 1 heteroatoms.